The highest BCUT2D eigenvalue weighted by Gasteiger charge is 2.65. The van der Waals surface area contributed by atoms with Crippen molar-refractivity contribution in [2.45, 2.75) is 282 Å². The first-order valence-electron chi connectivity index (χ1n) is 29.6. The Morgan fingerprint density at radius 3 is 1.06 bits per heavy atom. The number of phenolic OH excluding ortho intramolecular Hbond substituents is 2. The van der Waals surface area contributed by atoms with E-state index in [1.807, 2.05) is 0 Å². The van der Waals surface area contributed by atoms with Crippen LogP contribution in [0.15, 0.2) is 24.3 Å². The van der Waals surface area contributed by atoms with E-state index in [1.165, 1.54) is 175 Å². The topological polar surface area (TPSA) is 40.5 Å². The minimum absolute atomic E-state index is 0.0106. The third kappa shape index (κ3) is 10.8. The third-order valence-electron chi connectivity index (χ3n) is 20.3. The van der Waals surface area contributed by atoms with Gasteiger partial charge in [0, 0.05) is 55.1 Å². The van der Waals surface area contributed by atoms with Crippen LogP contribution in [0.25, 0.3) is 0 Å². The lowest BCUT2D eigenvalue weighted by atomic mass is 9.36. The SMILES string of the molecule is CC(C)CC12CC3CC(CC(C)C)(C1)CC(c1cc(C(C)(C)C)cc(CSC4CCCCCCC4SCc4cc(C(C)(C)C)cc(C56CC7CC(CC(C)C)(CC(CC(C)C)(C7)C5)C6)c4O)c1O)(C3)C2. The Labute approximate surface area is 439 Å². The fraction of sp³-hybridized carbons (Fsp3) is 0.818. The molecule has 70 heavy (non-hydrogen) atoms. The summed E-state index contributed by atoms with van der Waals surface area (Å²) < 4.78 is 0. The maximum absolute atomic E-state index is 12.9. The van der Waals surface area contributed by atoms with Crippen LogP contribution in [-0.2, 0) is 33.2 Å². The van der Waals surface area contributed by atoms with E-state index in [9.17, 15) is 10.2 Å². The molecule has 0 saturated heterocycles. The van der Waals surface area contributed by atoms with E-state index in [4.69, 9.17) is 0 Å². The highest BCUT2D eigenvalue weighted by Crippen LogP contribution is 2.75. The summed E-state index contributed by atoms with van der Waals surface area (Å²) >= 11 is 4.34. The quantitative estimate of drug-likeness (QED) is 0.176. The lowest BCUT2D eigenvalue weighted by Crippen LogP contribution is -2.59. The van der Waals surface area contributed by atoms with Crippen molar-refractivity contribution in [1.29, 1.82) is 0 Å². The molecule has 4 heteroatoms. The maximum Gasteiger partial charge on any atom is 0.123 e. The zero-order chi connectivity index (χ0) is 50.5. The van der Waals surface area contributed by atoms with Gasteiger partial charge in [0.15, 0.2) is 0 Å². The van der Waals surface area contributed by atoms with Crippen LogP contribution in [0.1, 0.15) is 272 Å². The normalized spacial score (nSPS) is 36.3. The summed E-state index contributed by atoms with van der Waals surface area (Å²) in [6, 6.07) is 9.93. The molecular formula is C66H104O2S2. The number of thioether (sulfide) groups is 2. The first-order chi connectivity index (χ1) is 32.7. The van der Waals surface area contributed by atoms with Crippen molar-refractivity contribution in [2.24, 2.45) is 57.2 Å². The van der Waals surface area contributed by atoms with Gasteiger partial charge in [-0.3, -0.25) is 0 Å². The van der Waals surface area contributed by atoms with Gasteiger partial charge < -0.3 is 10.2 Å². The van der Waals surface area contributed by atoms with Gasteiger partial charge >= 0.3 is 0 Å². The molecule has 0 aromatic heterocycles. The summed E-state index contributed by atoms with van der Waals surface area (Å²) in [5.74, 6) is 7.48. The van der Waals surface area contributed by atoms with Crippen molar-refractivity contribution < 1.29 is 10.2 Å². The van der Waals surface area contributed by atoms with Crippen LogP contribution in [0.5, 0.6) is 11.5 Å². The van der Waals surface area contributed by atoms with Gasteiger partial charge in [0.2, 0.25) is 0 Å². The van der Waals surface area contributed by atoms with Crippen LogP contribution in [0.3, 0.4) is 0 Å². The first kappa shape index (κ1) is 53.6. The minimum atomic E-state index is 0.0106. The van der Waals surface area contributed by atoms with Crippen LogP contribution >= 0.6 is 23.5 Å². The van der Waals surface area contributed by atoms with Gasteiger partial charge in [-0.25, -0.2) is 0 Å². The van der Waals surface area contributed by atoms with Crippen molar-refractivity contribution in [3.8, 4) is 11.5 Å². The first-order valence-corrected chi connectivity index (χ1v) is 31.7. The van der Waals surface area contributed by atoms with Crippen molar-refractivity contribution in [1.82, 2.24) is 0 Å². The van der Waals surface area contributed by atoms with Crippen LogP contribution in [0.4, 0.5) is 0 Å². The lowest BCUT2D eigenvalue weighted by molar-refractivity contribution is -0.141. The fourth-order valence-electron chi connectivity index (χ4n) is 20.1. The van der Waals surface area contributed by atoms with E-state index >= 15 is 0 Å². The number of hydrogen-bond acceptors (Lipinski definition) is 4. The fourth-order valence-corrected chi connectivity index (χ4v) is 23.2. The van der Waals surface area contributed by atoms with Crippen molar-refractivity contribution in [3.63, 3.8) is 0 Å². The molecule has 0 spiro atoms. The molecule has 8 bridgehead atoms. The van der Waals surface area contributed by atoms with Crippen LogP contribution < -0.4 is 0 Å². The molecule has 0 heterocycles. The predicted octanol–water partition coefficient (Wildman–Crippen LogP) is 19.6. The highest BCUT2D eigenvalue weighted by atomic mass is 32.2. The van der Waals surface area contributed by atoms with Gasteiger partial charge in [0.1, 0.15) is 11.5 Å². The van der Waals surface area contributed by atoms with Crippen LogP contribution in [0.2, 0.25) is 0 Å². The molecule has 9 aliphatic rings. The Kier molecular flexibility index (Phi) is 14.8. The molecule has 9 saturated carbocycles. The summed E-state index contributed by atoms with van der Waals surface area (Å²) in [5, 5.41) is 26.9. The van der Waals surface area contributed by atoms with E-state index in [-0.39, 0.29) is 21.7 Å². The average Bonchev–Trinajstić information content (AvgIpc) is 3.17. The number of rotatable bonds is 16. The number of aromatic hydroxyl groups is 2. The number of phenols is 2. The molecule has 0 amide bonds. The number of benzene rings is 2. The van der Waals surface area contributed by atoms with Gasteiger partial charge in [-0.1, -0.05) is 147 Å². The van der Waals surface area contributed by atoms with E-state index in [0.29, 0.717) is 67.3 Å². The standard InChI is InChI=1S/C66H104O2S2/c1-43(2)25-61-29-47-30-62(37-61,26-44(3)4)40-65(33-47,39-61)53-23-51(59(9,10)11)21-49(57(53)67)35-69-55-19-17-15-16-18-20-56(55)70-36-50-22-52(60(12,13)14)24-54(58(50)68)66-34-48-31-63(41-66,27-45(5)6)38-64(32-48,42-66)28-46(7)8/h21-24,43-48,55-56,67-68H,15-20,25-42H2,1-14H3. The van der Waals surface area contributed by atoms with E-state index in [1.54, 1.807) is 0 Å². The summed E-state index contributed by atoms with van der Waals surface area (Å²) in [6.07, 6.45) is 29.2. The molecule has 0 radical (unpaired) electrons. The van der Waals surface area contributed by atoms with Crippen molar-refractivity contribution >= 4 is 23.5 Å². The Hall–Kier alpha value is -1.26. The molecule has 2 aromatic rings. The van der Waals surface area contributed by atoms with E-state index in [2.05, 4.69) is 145 Å². The predicted molar refractivity (Wildman–Crippen MR) is 305 cm³/mol. The zero-order valence-corrected chi connectivity index (χ0v) is 49.2. The molecule has 392 valence electrons. The third-order valence-corrected chi connectivity index (χ3v) is 23.4. The smallest absolute Gasteiger partial charge is 0.123 e. The molecule has 2 N–H and O–H groups in total. The highest BCUT2D eigenvalue weighted by molar-refractivity contribution is 8.03. The Balaban J connectivity index is 1.02. The molecule has 9 fully saturated rings. The summed E-state index contributed by atoms with van der Waals surface area (Å²) in [5.41, 5.74) is 9.72. The zero-order valence-electron chi connectivity index (χ0n) is 47.6. The molecule has 0 aliphatic heterocycles. The van der Waals surface area contributed by atoms with Crippen molar-refractivity contribution in [2.75, 3.05) is 0 Å². The Bertz CT molecular complexity index is 1960. The van der Waals surface area contributed by atoms with Crippen LogP contribution in [0, 0.1) is 57.2 Å². The molecule has 11 rings (SSSR count). The average molecular weight is 994 g/mol. The number of hydrogen-bond donors (Lipinski definition) is 2. The Morgan fingerprint density at radius 2 is 0.771 bits per heavy atom. The second kappa shape index (κ2) is 19.4. The van der Waals surface area contributed by atoms with E-state index < -0.39 is 0 Å². The van der Waals surface area contributed by atoms with Gasteiger partial charge in [0.25, 0.3) is 0 Å². The maximum atomic E-state index is 12.9. The van der Waals surface area contributed by atoms with Crippen LogP contribution in [-0.4, -0.2) is 20.7 Å². The molecule has 6 atom stereocenters. The second-order valence-corrected chi connectivity index (χ2v) is 33.7. The molecule has 2 nitrogen and oxygen atoms in total. The second-order valence-electron chi connectivity index (χ2n) is 31.2. The Morgan fingerprint density at radius 1 is 0.457 bits per heavy atom. The minimum Gasteiger partial charge on any atom is -0.507 e. The summed E-state index contributed by atoms with van der Waals surface area (Å²) in [7, 11) is 0. The monoisotopic (exact) mass is 993 g/mol. The van der Waals surface area contributed by atoms with Gasteiger partial charge in [-0.15, -0.1) is 0 Å². The summed E-state index contributed by atoms with van der Waals surface area (Å²) in [4.78, 5) is 0. The largest absolute Gasteiger partial charge is 0.507 e. The molecular weight excluding hydrogens is 889 g/mol. The van der Waals surface area contributed by atoms with Crippen molar-refractivity contribution in [3.05, 3.63) is 57.6 Å². The molecule has 6 unspecified atom stereocenters. The van der Waals surface area contributed by atoms with Gasteiger partial charge in [-0.2, -0.15) is 23.5 Å². The molecule has 9 aliphatic carbocycles. The molecule has 2 aromatic carbocycles. The van der Waals surface area contributed by atoms with Gasteiger partial charge in [0.05, 0.1) is 0 Å². The summed E-state index contributed by atoms with van der Waals surface area (Å²) in [6.45, 7) is 34.1. The van der Waals surface area contributed by atoms with Gasteiger partial charge in [-0.05, 0) is 195 Å². The van der Waals surface area contributed by atoms with E-state index in [0.717, 1.165) is 23.3 Å². The lowest BCUT2D eigenvalue weighted by Gasteiger charge is -2.68.